The van der Waals surface area contributed by atoms with Crippen LogP contribution in [0.1, 0.15) is 31.9 Å². The lowest BCUT2D eigenvalue weighted by Gasteiger charge is -2.44. The summed E-state index contributed by atoms with van der Waals surface area (Å²) in [6.45, 7) is 10.2. The van der Waals surface area contributed by atoms with Crippen molar-refractivity contribution in [3.05, 3.63) is 35.4 Å². The summed E-state index contributed by atoms with van der Waals surface area (Å²) in [5.74, 6) is 0. The molecule has 0 saturated carbocycles. The van der Waals surface area contributed by atoms with E-state index in [-0.39, 0.29) is 11.1 Å². The minimum atomic E-state index is -0.0740. The molecule has 2 nitrogen and oxygen atoms in total. The molecule has 2 rings (SSSR count). The molecule has 0 aromatic heterocycles. The van der Waals surface area contributed by atoms with Crippen LogP contribution in [0.2, 0.25) is 0 Å². The first-order valence-corrected chi connectivity index (χ1v) is 5.86. The molecule has 0 radical (unpaired) electrons. The average molecular weight is 219 g/mol. The molecule has 0 spiro atoms. The summed E-state index contributed by atoms with van der Waals surface area (Å²) >= 11 is 0. The van der Waals surface area contributed by atoms with Gasteiger partial charge in [-0.2, -0.15) is 0 Å². The van der Waals surface area contributed by atoms with E-state index in [2.05, 4.69) is 57.3 Å². The highest BCUT2D eigenvalue weighted by molar-refractivity contribution is 5.28. The maximum Gasteiger partial charge on any atom is 0.0688 e. The first-order chi connectivity index (χ1) is 7.41. The lowest BCUT2D eigenvalue weighted by atomic mass is 9.87. The largest absolute Gasteiger partial charge is 0.377 e. The Morgan fingerprint density at radius 3 is 2.25 bits per heavy atom. The molecule has 1 aromatic rings. The van der Waals surface area contributed by atoms with Gasteiger partial charge in [-0.3, -0.25) is 5.32 Å². The summed E-state index contributed by atoms with van der Waals surface area (Å²) in [7, 11) is 0. The van der Waals surface area contributed by atoms with Crippen LogP contribution in [0.3, 0.4) is 0 Å². The van der Waals surface area contributed by atoms with Gasteiger partial charge in [-0.15, -0.1) is 0 Å². The smallest absolute Gasteiger partial charge is 0.0688 e. The normalized spacial score (nSPS) is 29.0. The van der Waals surface area contributed by atoms with Gasteiger partial charge in [0.1, 0.15) is 0 Å². The molecule has 1 fully saturated rings. The maximum atomic E-state index is 5.72. The van der Waals surface area contributed by atoms with Crippen LogP contribution in [-0.2, 0) is 10.3 Å². The van der Waals surface area contributed by atoms with Crippen LogP contribution in [-0.4, -0.2) is 18.8 Å². The molecular formula is C14H21NO. The standard InChI is InChI=1S/C14H21NO/c1-11-5-7-12(8-6-11)14(4)10-16-9-13(2,3)15-14/h5-8,15H,9-10H2,1-4H3. The Labute approximate surface area is 98.0 Å². The van der Waals surface area contributed by atoms with E-state index >= 15 is 0 Å². The average Bonchev–Trinajstić information content (AvgIpc) is 2.16. The zero-order chi connectivity index (χ0) is 11.8. The summed E-state index contributed by atoms with van der Waals surface area (Å²) in [6, 6.07) is 8.69. The topological polar surface area (TPSA) is 21.3 Å². The highest BCUT2D eigenvalue weighted by Crippen LogP contribution is 2.28. The number of hydrogen-bond donors (Lipinski definition) is 1. The minimum Gasteiger partial charge on any atom is -0.377 e. The van der Waals surface area contributed by atoms with Crippen LogP contribution >= 0.6 is 0 Å². The Morgan fingerprint density at radius 1 is 1.06 bits per heavy atom. The van der Waals surface area contributed by atoms with E-state index in [1.165, 1.54) is 11.1 Å². The zero-order valence-corrected chi connectivity index (χ0v) is 10.6. The number of ether oxygens (including phenoxy) is 1. The second kappa shape index (κ2) is 3.86. The molecule has 1 saturated heterocycles. The van der Waals surface area contributed by atoms with Gasteiger partial charge < -0.3 is 4.74 Å². The van der Waals surface area contributed by atoms with Gasteiger partial charge in [0.05, 0.1) is 18.8 Å². The number of benzene rings is 1. The third kappa shape index (κ3) is 2.28. The molecule has 1 heterocycles. The maximum absolute atomic E-state index is 5.72. The van der Waals surface area contributed by atoms with Crippen molar-refractivity contribution < 1.29 is 4.74 Å². The fraction of sp³-hybridized carbons (Fsp3) is 0.571. The predicted octanol–water partition coefficient (Wildman–Crippen LogP) is 2.61. The molecule has 16 heavy (non-hydrogen) atoms. The van der Waals surface area contributed by atoms with E-state index in [0.29, 0.717) is 0 Å². The molecule has 2 heteroatoms. The van der Waals surface area contributed by atoms with Crippen molar-refractivity contribution in [1.29, 1.82) is 0 Å². The van der Waals surface area contributed by atoms with Crippen LogP contribution in [0.25, 0.3) is 0 Å². The van der Waals surface area contributed by atoms with E-state index in [4.69, 9.17) is 4.74 Å². The number of aryl methyl sites for hydroxylation is 1. The molecule has 1 aliphatic rings. The van der Waals surface area contributed by atoms with Crippen LogP contribution in [0.4, 0.5) is 0 Å². The number of nitrogens with one attached hydrogen (secondary N) is 1. The molecule has 1 unspecified atom stereocenters. The first kappa shape index (κ1) is 11.6. The van der Waals surface area contributed by atoms with E-state index < -0.39 is 0 Å². The van der Waals surface area contributed by atoms with Gasteiger partial charge in [-0.05, 0) is 33.3 Å². The Kier molecular flexibility index (Phi) is 2.81. The summed E-state index contributed by atoms with van der Waals surface area (Å²) in [5.41, 5.74) is 2.56. The van der Waals surface area contributed by atoms with Crippen molar-refractivity contribution in [3.8, 4) is 0 Å². The third-order valence-electron chi connectivity index (χ3n) is 3.16. The highest BCUT2D eigenvalue weighted by atomic mass is 16.5. The number of morpholine rings is 1. The van der Waals surface area contributed by atoms with Crippen LogP contribution < -0.4 is 5.32 Å². The van der Waals surface area contributed by atoms with Gasteiger partial charge in [-0.1, -0.05) is 29.8 Å². The molecule has 1 aromatic carbocycles. The van der Waals surface area contributed by atoms with Crippen molar-refractivity contribution in [1.82, 2.24) is 5.32 Å². The van der Waals surface area contributed by atoms with Crippen LogP contribution in [0, 0.1) is 6.92 Å². The van der Waals surface area contributed by atoms with Gasteiger partial charge >= 0.3 is 0 Å². The van der Waals surface area contributed by atoms with E-state index in [0.717, 1.165) is 13.2 Å². The Morgan fingerprint density at radius 2 is 1.69 bits per heavy atom. The van der Waals surface area contributed by atoms with Crippen LogP contribution in [0.5, 0.6) is 0 Å². The first-order valence-electron chi connectivity index (χ1n) is 5.86. The van der Waals surface area contributed by atoms with Crippen molar-refractivity contribution in [2.45, 2.75) is 38.8 Å². The summed E-state index contributed by atoms with van der Waals surface area (Å²) in [4.78, 5) is 0. The summed E-state index contributed by atoms with van der Waals surface area (Å²) < 4.78 is 5.72. The fourth-order valence-electron chi connectivity index (χ4n) is 2.41. The summed E-state index contributed by atoms with van der Waals surface area (Å²) in [5, 5.41) is 3.68. The van der Waals surface area contributed by atoms with Crippen LogP contribution in [0.15, 0.2) is 24.3 Å². The molecule has 0 bridgehead atoms. The minimum absolute atomic E-state index is 0.0396. The molecular weight excluding hydrogens is 198 g/mol. The predicted molar refractivity (Wildman–Crippen MR) is 66.6 cm³/mol. The molecule has 1 aliphatic heterocycles. The van der Waals surface area contributed by atoms with Crippen molar-refractivity contribution in [3.63, 3.8) is 0 Å². The van der Waals surface area contributed by atoms with E-state index in [1.54, 1.807) is 0 Å². The summed E-state index contributed by atoms with van der Waals surface area (Å²) in [6.07, 6.45) is 0. The van der Waals surface area contributed by atoms with Crippen molar-refractivity contribution in [2.24, 2.45) is 0 Å². The molecule has 1 atom stereocenters. The Bertz CT molecular complexity index is 369. The quantitative estimate of drug-likeness (QED) is 0.784. The molecule has 88 valence electrons. The van der Waals surface area contributed by atoms with Crippen molar-refractivity contribution in [2.75, 3.05) is 13.2 Å². The van der Waals surface area contributed by atoms with Crippen molar-refractivity contribution >= 4 is 0 Å². The number of rotatable bonds is 1. The monoisotopic (exact) mass is 219 g/mol. The van der Waals surface area contributed by atoms with Gasteiger partial charge in [0.15, 0.2) is 0 Å². The zero-order valence-electron chi connectivity index (χ0n) is 10.6. The lowest BCUT2D eigenvalue weighted by molar-refractivity contribution is -0.0264. The Balaban J connectivity index is 2.27. The molecule has 1 N–H and O–H groups in total. The van der Waals surface area contributed by atoms with E-state index in [9.17, 15) is 0 Å². The van der Waals surface area contributed by atoms with Gasteiger partial charge in [-0.25, -0.2) is 0 Å². The third-order valence-corrected chi connectivity index (χ3v) is 3.16. The second-order valence-corrected chi connectivity index (χ2v) is 5.70. The lowest BCUT2D eigenvalue weighted by Crippen LogP contribution is -2.60. The molecule has 0 amide bonds. The van der Waals surface area contributed by atoms with E-state index in [1.807, 2.05) is 0 Å². The highest BCUT2D eigenvalue weighted by Gasteiger charge is 2.37. The van der Waals surface area contributed by atoms with Gasteiger partial charge in [0.2, 0.25) is 0 Å². The van der Waals surface area contributed by atoms with Gasteiger partial charge in [0, 0.05) is 5.54 Å². The van der Waals surface area contributed by atoms with Gasteiger partial charge in [0.25, 0.3) is 0 Å². The second-order valence-electron chi connectivity index (χ2n) is 5.70. The Hall–Kier alpha value is -0.860. The number of hydrogen-bond acceptors (Lipinski definition) is 2. The molecule has 0 aliphatic carbocycles. The fourth-order valence-corrected chi connectivity index (χ4v) is 2.41. The SMILES string of the molecule is Cc1ccc(C2(C)COCC(C)(C)N2)cc1.